The molecule has 0 unspecified atom stereocenters. The highest BCUT2D eigenvalue weighted by Crippen LogP contribution is 2.49. The van der Waals surface area contributed by atoms with Crippen molar-refractivity contribution < 1.29 is 4.74 Å². The van der Waals surface area contributed by atoms with E-state index in [0.717, 1.165) is 44.8 Å². The number of nitrogens with one attached hydrogen (secondary N) is 1. The van der Waals surface area contributed by atoms with E-state index in [1.54, 1.807) is 4.80 Å². The zero-order chi connectivity index (χ0) is 18.1. The van der Waals surface area contributed by atoms with Gasteiger partial charge in [0.15, 0.2) is 0 Å². The van der Waals surface area contributed by atoms with Gasteiger partial charge in [0.25, 0.3) is 0 Å². The van der Waals surface area contributed by atoms with Crippen LogP contribution in [0.25, 0.3) is 0 Å². The van der Waals surface area contributed by atoms with E-state index >= 15 is 0 Å². The van der Waals surface area contributed by atoms with Gasteiger partial charge >= 0.3 is 0 Å². The molecule has 0 amide bonds. The van der Waals surface area contributed by atoms with Gasteiger partial charge in [-0.3, -0.25) is 4.90 Å². The van der Waals surface area contributed by atoms with E-state index in [0.29, 0.717) is 11.3 Å². The van der Waals surface area contributed by atoms with Crippen LogP contribution in [0.3, 0.4) is 0 Å². The largest absolute Gasteiger partial charge is 0.374 e. The molecule has 1 saturated carbocycles. The molecule has 1 aliphatic carbocycles. The Bertz CT molecular complexity index is 574. The third-order valence-electron chi connectivity index (χ3n) is 5.83. The van der Waals surface area contributed by atoms with Crippen molar-refractivity contribution >= 4 is 0 Å². The van der Waals surface area contributed by atoms with Crippen LogP contribution in [-0.2, 0) is 18.3 Å². The van der Waals surface area contributed by atoms with Crippen LogP contribution in [0.2, 0.25) is 0 Å². The summed E-state index contributed by atoms with van der Waals surface area (Å²) in [7, 11) is 6.08. The number of rotatable bonds is 6. The fourth-order valence-corrected chi connectivity index (χ4v) is 4.59. The zero-order valence-electron chi connectivity index (χ0n) is 16.6. The molecule has 2 heterocycles. The molecule has 0 atom stereocenters. The molecule has 1 aromatic heterocycles. The SMILES string of the molecule is CNCCN(C)Cc1nn(C)nc1[C@H]1CC[C@@]2(CC1)CC(C)(C)CO2. The maximum Gasteiger partial charge on any atom is 0.100 e. The summed E-state index contributed by atoms with van der Waals surface area (Å²) in [5.74, 6) is 0.527. The summed E-state index contributed by atoms with van der Waals surface area (Å²) >= 11 is 0. The molecule has 1 spiro atoms. The van der Waals surface area contributed by atoms with Gasteiger partial charge in [-0.2, -0.15) is 15.0 Å². The van der Waals surface area contributed by atoms with E-state index in [1.165, 1.54) is 25.0 Å². The number of likely N-dealkylation sites (N-methyl/N-ethyl adjacent to an activating group) is 2. The number of aromatic nitrogens is 3. The van der Waals surface area contributed by atoms with Crippen molar-refractivity contribution in [2.45, 2.75) is 64.0 Å². The summed E-state index contributed by atoms with van der Waals surface area (Å²) in [4.78, 5) is 4.06. The third kappa shape index (κ3) is 4.41. The molecule has 0 radical (unpaired) electrons. The maximum atomic E-state index is 6.27. The minimum absolute atomic E-state index is 0.131. The lowest BCUT2D eigenvalue weighted by atomic mass is 9.72. The summed E-state index contributed by atoms with van der Waals surface area (Å²) < 4.78 is 6.27. The first-order valence-electron chi connectivity index (χ1n) is 9.70. The van der Waals surface area contributed by atoms with Crippen molar-refractivity contribution in [2.75, 3.05) is 33.8 Å². The van der Waals surface area contributed by atoms with Crippen LogP contribution in [0.15, 0.2) is 0 Å². The summed E-state index contributed by atoms with van der Waals surface area (Å²) in [5.41, 5.74) is 2.83. The molecule has 25 heavy (non-hydrogen) atoms. The van der Waals surface area contributed by atoms with E-state index in [4.69, 9.17) is 9.84 Å². The van der Waals surface area contributed by atoms with Crippen LogP contribution in [0.5, 0.6) is 0 Å². The Morgan fingerprint density at radius 2 is 2.00 bits per heavy atom. The van der Waals surface area contributed by atoms with Gasteiger partial charge in [0.1, 0.15) is 5.69 Å². The summed E-state index contributed by atoms with van der Waals surface area (Å²) in [5, 5.41) is 12.6. The van der Waals surface area contributed by atoms with Gasteiger partial charge in [0, 0.05) is 32.6 Å². The molecule has 6 heteroatoms. The van der Waals surface area contributed by atoms with Gasteiger partial charge in [-0.15, -0.1) is 0 Å². The Morgan fingerprint density at radius 1 is 1.28 bits per heavy atom. The smallest absolute Gasteiger partial charge is 0.100 e. The van der Waals surface area contributed by atoms with Crippen molar-refractivity contribution in [1.82, 2.24) is 25.2 Å². The first kappa shape index (κ1) is 18.8. The van der Waals surface area contributed by atoms with Crippen molar-refractivity contribution in [3.05, 3.63) is 11.4 Å². The highest BCUT2D eigenvalue weighted by Gasteiger charge is 2.46. The molecular weight excluding hydrogens is 314 g/mol. The van der Waals surface area contributed by atoms with E-state index in [1.807, 2.05) is 14.1 Å². The molecule has 0 aromatic carbocycles. The highest BCUT2D eigenvalue weighted by atomic mass is 16.5. The van der Waals surface area contributed by atoms with Crippen LogP contribution >= 0.6 is 0 Å². The summed E-state index contributed by atoms with van der Waals surface area (Å²) in [6.45, 7) is 8.44. The number of ether oxygens (including phenoxy) is 1. The minimum atomic E-state index is 0.131. The number of aryl methyl sites for hydroxylation is 1. The Balaban J connectivity index is 1.63. The lowest BCUT2D eigenvalue weighted by Crippen LogP contribution is -2.34. The number of hydrogen-bond acceptors (Lipinski definition) is 5. The maximum absolute atomic E-state index is 6.27. The molecule has 2 fully saturated rings. The van der Waals surface area contributed by atoms with Crippen LogP contribution in [0.4, 0.5) is 0 Å². The van der Waals surface area contributed by atoms with Crippen molar-refractivity contribution in [1.29, 1.82) is 0 Å². The molecule has 142 valence electrons. The normalized spacial score (nSPS) is 29.0. The quantitative estimate of drug-likeness (QED) is 0.854. The van der Waals surface area contributed by atoms with Gasteiger partial charge in [-0.05, 0) is 51.6 Å². The van der Waals surface area contributed by atoms with E-state index in [9.17, 15) is 0 Å². The first-order chi connectivity index (χ1) is 11.8. The molecule has 3 rings (SSSR count). The number of nitrogens with zero attached hydrogens (tertiary/aromatic N) is 4. The van der Waals surface area contributed by atoms with Crippen LogP contribution in [0, 0.1) is 5.41 Å². The van der Waals surface area contributed by atoms with Gasteiger partial charge in [-0.1, -0.05) is 13.8 Å². The minimum Gasteiger partial charge on any atom is -0.374 e. The van der Waals surface area contributed by atoms with Crippen LogP contribution in [0.1, 0.15) is 63.3 Å². The predicted molar refractivity (Wildman–Crippen MR) is 99.6 cm³/mol. The second kappa shape index (κ2) is 7.33. The average molecular weight is 350 g/mol. The second-order valence-electron chi connectivity index (χ2n) is 8.95. The van der Waals surface area contributed by atoms with Crippen molar-refractivity contribution in [2.24, 2.45) is 12.5 Å². The zero-order valence-corrected chi connectivity index (χ0v) is 16.6. The molecule has 6 nitrogen and oxygen atoms in total. The Labute approximate surface area is 152 Å². The van der Waals surface area contributed by atoms with Gasteiger partial charge in [0.2, 0.25) is 0 Å². The van der Waals surface area contributed by atoms with Gasteiger partial charge in [-0.25, -0.2) is 0 Å². The van der Waals surface area contributed by atoms with E-state index in [-0.39, 0.29) is 5.60 Å². The van der Waals surface area contributed by atoms with E-state index < -0.39 is 0 Å². The second-order valence-corrected chi connectivity index (χ2v) is 8.95. The fourth-order valence-electron chi connectivity index (χ4n) is 4.59. The molecular formula is C19H35N5O. The lowest BCUT2D eigenvalue weighted by molar-refractivity contribution is -0.0296. The Hall–Kier alpha value is -0.980. The third-order valence-corrected chi connectivity index (χ3v) is 5.83. The summed E-state index contributed by atoms with van der Waals surface area (Å²) in [6.07, 6.45) is 5.86. The highest BCUT2D eigenvalue weighted by molar-refractivity contribution is 5.16. The van der Waals surface area contributed by atoms with Gasteiger partial charge < -0.3 is 10.1 Å². The molecule has 0 bridgehead atoms. The summed E-state index contributed by atoms with van der Waals surface area (Å²) in [6, 6.07) is 0. The van der Waals surface area contributed by atoms with Gasteiger partial charge in [0.05, 0.1) is 17.9 Å². The van der Waals surface area contributed by atoms with Crippen LogP contribution < -0.4 is 5.32 Å². The predicted octanol–water partition coefficient (Wildman–Crippen LogP) is 2.31. The van der Waals surface area contributed by atoms with Crippen molar-refractivity contribution in [3.63, 3.8) is 0 Å². The Kier molecular flexibility index (Phi) is 5.51. The monoisotopic (exact) mass is 349 g/mol. The molecule has 1 aliphatic heterocycles. The average Bonchev–Trinajstić information content (AvgIpc) is 3.06. The standard InChI is InChI=1S/C19H35N5O/c1-18(2)13-19(25-14-18)8-6-15(7-9-19)17-16(21-24(5)22-17)12-23(4)11-10-20-3/h15,20H,6-14H2,1-5H3/t15-,19+. The fraction of sp³-hybridized carbons (Fsp3) is 0.895. The molecule has 2 aliphatic rings. The molecule has 1 N–H and O–H groups in total. The van der Waals surface area contributed by atoms with Crippen LogP contribution in [-0.4, -0.2) is 59.3 Å². The molecule has 1 saturated heterocycles. The first-order valence-corrected chi connectivity index (χ1v) is 9.70. The topological polar surface area (TPSA) is 55.2 Å². The molecule has 1 aromatic rings. The number of hydrogen-bond donors (Lipinski definition) is 1. The van der Waals surface area contributed by atoms with Crippen molar-refractivity contribution in [3.8, 4) is 0 Å². The lowest BCUT2D eigenvalue weighted by Gasteiger charge is -2.36. The van der Waals surface area contributed by atoms with E-state index in [2.05, 4.69) is 36.2 Å². The Morgan fingerprint density at radius 3 is 2.60 bits per heavy atom.